The fourth-order valence-electron chi connectivity index (χ4n) is 2.05. The van der Waals surface area contributed by atoms with E-state index in [0.717, 1.165) is 29.6 Å². The summed E-state index contributed by atoms with van der Waals surface area (Å²) in [5.41, 5.74) is -2.69. The van der Waals surface area contributed by atoms with Crippen LogP contribution in [0.5, 0.6) is 0 Å². The first-order valence-corrected chi connectivity index (χ1v) is 8.26. The van der Waals surface area contributed by atoms with Gasteiger partial charge in [-0.25, -0.2) is 13.8 Å². The van der Waals surface area contributed by atoms with E-state index >= 15 is 0 Å². The van der Waals surface area contributed by atoms with Crippen LogP contribution in [0.2, 0.25) is 0 Å². The summed E-state index contributed by atoms with van der Waals surface area (Å²) in [5.74, 6) is -2.65. The number of rotatable bonds is 3. The summed E-state index contributed by atoms with van der Waals surface area (Å²) in [7, 11) is -4.67. The van der Waals surface area contributed by atoms with Gasteiger partial charge in [-0.05, 0) is 19.1 Å². The molecule has 3 rings (SSSR count). The van der Waals surface area contributed by atoms with Crippen molar-refractivity contribution in [1.29, 1.82) is 0 Å². The molecule has 1 aromatic carbocycles. The van der Waals surface area contributed by atoms with Crippen LogP contribution in [0.1, 0.15) is 11.5 Å². The van der Waals surface area contributed by atoms with Crippen LogP contribution in [0.4, 0.5) is 27.6 Å². The highest BCUT2D eigenvalue weighted by atomic mass is 32.2. The molecular weight excluding hydrogens is 385 g/mol. The van der Waals surface area contributed by atoms with E-state index < -0.39 is 50.0 Å². The Bertz CT molecular complexity index is 1090. The van der Waals surface area contributed by atoms with Gasteiger partial charge >= 0.3 is 6.18 Å². The van der Waals surface area contributed by atoms with E-state index in [1.54, 1.807) is 4.72 Å². The van der Waals surface area contributed by atoms with Gasteiger partial charge in [0.25, 0.3) is 15.2 Å². The lowest BCUT2D eigenvalue weighted by atomic mass is 10.3. The zero-order valence-corrected chi connectivity index (χ0v) is 13.5. The molecule has 0 amide bonds. The number of nitrogens with one attached hydrogen (secondary N) is 1. The standard InChI is InChI=1S/C13H8F5N5O2S/c1-6-19-9(13(16,17)18)5-10-20-12(21-23(6)10)26(24,25)22-11-7(14)3-2-4-8(11)15/h2-5,22H,1H3. The number of para-hydroxylation sites is 1. The van der Waals surface area contributed by atoms with E-state index in [4.69, 9.17) is 0 Å². The Morgan fingerprint density at radius 2 is 1.73 bits per heavy atom. The second-order valence-corrected chi connectivity index (χ2v) is 6.63. The largest absolute Gasteiger partial charge is 0.433 e. The number of anilines is 1. The summed E-state index contributed by atoms with van der Waals surface area (Å²) >= 11 is 0. The number of halogens is 5. The molecule has 0 spiro atoms. The molecule has 0 fully saturated rings. The minimum absolute atomic E-state index is 0.277. The normalized spacial score (nSPS) is 12.5. The number of hydrogen-bond acceptors (Lipinski definition) is 5. The predicted octanol–water partition coefficient (Wildman–Crippen LogP) is 2.53. The maximum Gasteiger partial charge on any atom is 0.433 e. The van der Waals surface area contributed by atoms with Gasteiger partial charge in [-0.15, -0.1) is 5.10 Å². The fourth-order valence-corrected chi connectivity index (χ4v) is 3.00. The lowest BCUT2D eigenvalue weighted by Gasteiger charge is -2.06. The van der Waals surface area contributed by atoms with Crippen molar-refractivity contribution >= 4 is 21.4 Å². The monoisotopic (exact) mass is 393 g/mol. The molecule has 0 unspecified atom stereocenters. The van der Waals surface area contributed by atoms with Crippen molar-refractivity contribution in [2.45, 2.75) is 18.3 Å². The zero-order chi connectivity index (χ0) is 19.3. The molecule has 26 heavy (non-hydrogen) atoms. The molecule has 0 atom stereocenters. The van der Waals surface area contributed by atoms with E-state index in [0.29, 0.717) is 6.07 Å². The van der Waals surface area contributed by atoms with E-state index in [1.165, 1.54) is 0 Å². The van der Waals surface area contributed by atoms with Crippen LogP contribution in [-0.2, 0) is 16.2 Å². The molecule has 0 aliphatic heterocycles. The maximum atomic E-state index is 13.6. The molecule has 7 nitrogen and oxygen atoms in total. The molecule has 138 valence electrons. The lowest BCUT2D eigenvalue weighted by molar-refractivity contribution is -0.141. The Morgan fingerprint density at radius 1 is 1.12 bits per heavy atom. The topological polar surface area (TPSA) is 89.2 Å². The quantitative estimate of drug-likeness (QED) is 0.691. The molecule has 0 saturated carbocycles. The Morgan fingerprint density at radius 3 is 2.31 bits per heavy atom. The third-order valence-electron chi connectivity index (χ3n) is 3.20. The van der Waals surface area contributed by atoms with Gasteiger partial charge in [0.2, 0.25) is 0 Å². The summed E-state index contributed by atoms with van der Waals surface area (Å²) in [4.78, 5) is 6.77. The van der Waals surface area contributed by atoms with E-state index in [9.17, 15) is 30.4 Å². The van der Waals surface area contributed by atoms with Crippen LogP contribution < -0.4 is 4.72 Å². The van der Waals surface area contributed by atoms with Gasteiger partial charge in [0.1, 0.15) is 28.8 Å². The van der Waals surface area contributed by atoms with Gasteiger partial charge in [-0.2, -0.15) is 31.1 Å². The number of hydrogen-bond donors (Lipinski definition) is 1. The van der Waals surface area contributed by atoms with E-state index in [1.807, 2.05) is 0 Å². The van der Waals surface area contributed by atoms with Gasteiger partial charge in [0.15, 0.2) is 5.65 Å². The molecule has 0 aliphatic carbocycles. The molecule has 2 aromatic heterocycles. The summed E-state index contributed by atoms with van der Waals surface area (Å²) in [5, 5.41) is 2.57. The van der Waals surface area contributed by atoms with E-state index in [-0.39, 0.29) is 5.82 Å². The van der Waals surface area contributed by atoms with Crippen LogP contribution in [-0.4, -0.2) is 28.0 Å². The van der Waals surface area contributed by atoms with Gasteiger partial charge in [-0.1, -0.05) is 6.07 Å². The summed E-state index contributed by atoms with van der Waals surface area (Å²) in [6, 6.07) is 3.17. The predicted molar refractivity (Wildman–Crippen MR) is 77.7 cm³/mol. The lowest BCUT2D eigenvalue weighted by Crippen LogP contribution is -2.17. The van der Waals surface area contributed by atoms with Crippen molar-refractivity contribution in [1.82, 2.24) is 19.6 Å². The average Bonchev–Trinajstić information content (AvgIpc) is 2.96. The number of benzene rings is 1. The Labute approximate surface area is 142 Å². The summed E-state index contributed by atoms with van der Waals surface area (Å²) in [6.45, 7) is 1.16. The van der Waals surface area contributed by atoms with Crippen molar-refractivity contribution < 1.29 is 30.4 Å². The first-order valence-electron chi connectivity index (χ1n) is 6.77. The minimum Gasteiger partial charge on any atom is -0.271 e. The Kier molecular flexibility index (Phi) is 4.05. The third kappa shape index (κ3) is 3.16. The minimum atomic E-state index is -4.77. The Balaban J connectivity index is 2.08. The van der Waals surface area contributed by atoms with Gasteiger partial charge < -0.3 is 0 Å². The SMILES string of the molecule is Cc1nc(C(F)(F)F)cc2nc(S(=O)(=O)Nc3c(F)cccc3F)nn12. The molecular formula is C13H8F5N5O2S. The van der Waals surface area contributed by atoms with Crippen molar-refractivity contribution in [2.24, 2.45) is 0 Å². The van der Waals surface area contributed by atoms with E-state index in [2.05, 4.69) is 15.1 Å². The molecule has 1 N–H and O–H groups in total. The fraction of sp³-hybridized carbons (Fsp3) is 0.154. The first kappa shape index (κ1) is 18.0. The summed E-state index contributed by atoms with van der Waals surface area (Å²) in [6.07, 6.45) is -4.77. The molecule has 2 heterocycles. The number of alkyl halides is 3. The third-order valence-corrected chi connectivity index (χ3v) is 4.32. The van der Waals surface area contributed by atoms with Crippen LogP contribution in [0, 0.1) is 18.6 Å². The maximum absolute atomic E-state index is 13.6. The number of nitrogens with zero attached hydrogens (tertiary/aromatic N) is 4. The summed E-state index contributed by atoms with van der Waals surface area (Å²) < 4.78 is 92.4. The molecule has 13 heteroatoms. The van der Waals surface area contributed by atoms with Crippen molar-refractivity contribution in [3.8, 4) is 0 Å². The van der Waals surface area contributed by atoms with Gasteiger partial charge in [0, 0.05) is 6.07 Å². The second kappa shape index (κ2) is 5.86. The number of aryl methyl sites for hydroxylation is 1. The molecule has 0 radical (unpaired) electrons. The highest BCUT2D eigenvalue weighted by molar-refractivity contribution is 7.92. The number of fused-ring (bicyclic) bond motifs is 1. The van der Waals surface area contributed by atoms with Gasteiger partial charge in [-0.3, -0.25) is 4.72 Å². The number of aromatic nitrogens is 4. The van der Waals surface area contributed by atoms with Crippen molar-refractivity contribution in [3.63, 3.8) is 0 Å². The first-order chi connectivity index (χ1) is 12.0. The highest BCUT2D eigenvalue weighted by Crippen LogP contribution is 2.28. The molecule has 3 aromatic rings. The molecule has 0 bridgehead atoms. The molecule has 0 aliphatic rings. The van der Waals surface area contributed by atoms with Crippen LogP contribution in [0.3, 0.4) is 0 Å². The number of sulfonamides is 1. The second-order valence-electron chi connectivity index (χ2n) is 5.05. The Hall–Kier alpha value is -2.83. The van der Waals surface area contributed by atoms with Crippen molar-refractivity contribution in [3.05, 3.63) is 47.4 Å². The van der Waals surface area contributed by atoms with Gasteiger partial charge in [0.05, 0.1) is 0 Å². The average molecular weight is 393 g/mol. The van der Waals surface area contributed by atoms with Crippen LogP contribution >= 0.6 is 0 Å². The van der Waals surface area contributed by atoms with Crippen LogP contribution in [0.15, 0.2) is 29.4 Å². The van der Waals surface area contributed by atoms with Crippen LogP contribution in [0.25, 0.3) is 5.65 Å². The zero-order valence-electron chi connectivity index (χ0n) is 12.7. The highest BCUT2D eigenvalue weighted by Gasteiger charge is 2.34. The molecule has 0 saturated heterocycles. The van der Waals surface area contributed by atoms with Crippen molar-refractivity contribution in [2.75, 3.05) is 4.72 Å². The smallest absolute Gasteiger partial charge is 0.271 e.